The molecule has 3 nitrogen and oxygen atoms in total. The summed E-state index contributed by atoms with van der Waals surface area (Å²) in [5.41, 5.74) is 0.248. The van der Waals surface area contributed by atoms with E-state index in [-0.39, 0.29) is 11.4 Å². The number of alkyl halides is 1. The predicted molar refractivity (Wildman–Crippen MR) is 77.7 cm³/mol. The van der Waals surface area contributed by atoms with Crippen LogP contribution >= 0.6 is 11.6 Å². The van der Waals surface area contributed by atoms with Crippen LogP contribution in [0.15, 0.2) is 17.0 Å². The number of nitrogens with zero attached hydrogens (tertiary/aromatic N) is 1. The summed E-state index contributed by atoms with van der Waals surface area (Å²) in [5.74, 6) is -2.10. The minimum absolute atomic E-state index is 0.0718. The zero-order chi connectivity index (χ0) is 15.6. The highest BCUT2D eigenvalue weighted by molar-refractivity contribution is 7.89. The SMILES string of the molecule is CCC1CCN(S(=O)(=O)c2cc(CCl)cc(F)c2F)CC1. The van der Waals surface area contributed by atoms with Crippen molar-refractivity contribution in [3.8, 4) is 0 Å². The zero-order valence-electron chi connectivity index (χ0n) is 11.8. The van der Waals surface area contributed by atoms with E-state index in [9.17, 15) is 17.2 Å². The van der Waals surface area contributed by atoms with Crippen LogP contribution in [0.2, 0.25) is 0 Å². The summed E-state index contributed by atoms with van der Waals surface area (Å²) >= 11 is 5.60. The van der Waals surface area contributed by atoms with Crippen molar-refractivity contribution >= 4 is 21.6 Å². The van der Waals surface area contributed by atoms with E-state index in [1.165, 1.54) is 4.31 Å². The van der Waals surface area contributed by atoms with Gasteiger partial charge in [0.05, 0.1) is 0 Å². The van der Waals surface area contributed by atoms with Gasteiger partial charge in [0.15, 0.2) is 11.6 Å². The molecule has 7 heteroatoms. The van der Waals surface area contributed by atoms with Gasteiger partial charge in [0.25, 0.3) is 0 Å². The van der Waals surface area contributed by atoms with Crippen LogP contribution in [0.1, 0.15) is 31.7 Å². The van der Waals surface area contributed by atoms with E-state index in [4.69, 9.17) is 11.6 Å². The van der Waals surface area contributed by atoms with E-state index >= 15 is 0 Å². The summed E-state index contributed by atoms with van der Waals surface area (Å²) < 4.78 is 53.6. The number of piperidine rings is 1. The van der Waals surface area contributed by atoms with Crippen molar-refractivity contribution in [1.82, 2.24) is 4.31 Å². The van der Waals surface area contributed by atoms with E-state index in [1.807, 2.05) is 0 Å². The first-order valence-corrected chi connectivity index (χ1v) is 8.91. The van der Waals surface area contributed by atoms with Crippen LogP contribution in [-0.2, 0) is 15.9 Å². The molecule has 0 radical (unpaired) electrons. The normalized spacial score (nSPS) is 18.1. The molecule has 1 saturated heterocycles. The summed E-state index contributed by atoms with van der Waals surface area (Å²) in [6.07, 6.45) is 2.49. The molecule has 0 spiro atoms. The van der Waals surface area contributed by atoms with Crippen LogP contribution in [0.25, 0.3) is 0 Å². The maximum atomic E-state index is 13.9. The van der Waals surface area contributed by atoms with Crippen LogP contribution < -0.4 is 0 Å². The second kappa shape index (κ2) is 6.58. The van der Waals surface area contributed by atoms with Crippen molar-refractivity contribution in [3.63, 3.8) is 0 Å². The molecular weight excluding hydrogens is 320 g/mol. The largest absolute Gasteiger partial charge is 0.246 e. The Balaban J connectivity index is 2.34. The molecule has 0 amide bonds. The molecule has 0 bridgehead atoms. The average molecular weight is 338 g/mol. The van der Waals surface area contributed by atoms with E-state index < -0.39 is 26.6 Å². The molecule has 0 N–H and O–H groups in total. The van der Waals surface area contributed by atoms with E-state index in [2.05, 4.69) is 6.92 Å². The van der Waals surface area contributed by atoms with Crippen molar-refractivity contribution < 1.29 is 17.2 Å². The first kappa shape index (κ1) is 16.6. The Hall–Kier alpha value is -0.720. The number of hydrogen-bond acceptors (Lipinski definition) is 2. The lowest BCUT2D eigenvalue weighted by atomic mass is 9.96. The van der Waals surface area contributed by atoms with Gasteiger partial charge in [-0.3, -0.25) is 0 Å². The topological polar surface area (TPSA) is 37.4 Å². The van der Waals surface area contributed by atoms with Gasteiger partial charge in [0, 0.05) is 19.0 Å². The lowest BCUT2D eigenvalue weighted by molar-refractivity contribution is 0.268. The highest BCUT2D eigenvalue weighted by Gasteiger charge is 2.32. The minimum atomic E-state index is -4.02. The lowest BCUT2D eigenvalue weighted by Crippen LogP contribution is -2.38. The highest BCUT2D eigenvalue weighted by Crippen LogP contribution is 2.28. The van der Waals surface area contributed by atoms with Crippen LogP contribution in [0.4, 0.5) is 8.78 Å². The van der Waals surface area contributed by atoms with Crippen LogP contribution in [0.3, 0.4) is 0 Å². The van der Waals surface area contributed by atoms with Gasteiger partial charge in [-0.1, -0.05) is 13.3 Å². The smallest absolute Gasteiger partial charge is 0.207 e. The highest BCUT2D eigenvalue weighted by atomic mass is 35.5. The molecule has 118 valence electrons. The number of sulfonamides is 1. The van der Waals surface area contributed by atoms with Gasteiger partial charge >= 0.3 is 0 Å². The maximum absolute atomic E-state index is 13.9. The standard InChI is InChI=1S/C14H18ClF2NO2S/c1-2-10-3-5-18(6-4-10)21(19,20)13-8-11(9-15)7-12(16)14(13)17/h7-8,10H,2-6,9H2,1H3. The number of rotatable bonds is 4. The molecular formula is C14H18ClF2NO2S. The Morgan fingerprint density at radius 2 is 1.90 bits per heavy atom. The summed E-state index contributed by atoms with van der Waals surface area (Å²) in [6, 6.07) is 2.04. The zero-order valence-corrected chi connectivity index (χ0v) is 13.4. The average Bonchev–Trinajstić information content (AvgIpc) is 2.49. The Bertz CT molecular complexity index is 614. The van der Waals surface area contributed by atoms with Gasteiger partial charge in [-0.05, 0) is 36.5 Å². The molecule has 1 heterocycles. The lowest BCUT2D eigenvalue weighted by Gasteiger charge is -2.30. The first-order valence-electron chi connectivity index (χ1n) is 6.94. The monoisotopic (exact) mass is 337 g/mol. The molecule has 1 fully saturated rings. The molecule has 1 aromatic rings. The van der Waals surface area contributed by atoms with Gasteiger partial charge in [-0.25, -0.2) is 17.2 Å². The number of hydrogen-bond donors (Lipinski definition) is 0. The van der Waals surface area contributed by atoms with E-state index in [1.54, 1.807) is 0 Å². The summed E-state index contributed by atoms with van der Waals surface area (Å²) in [4.78, 5) is -0.618. The van der Waals surface area contributed by atoms with Gasteiger partial charge in [0.2, 0.25) is 10.0 Å². The first-order chi connectivity index (χ1) is 9.90. The third-order valence-corrected chi connectivity index (χ3v) is 6.18. The molecule has 1 aliphatic heterocycles. The van der Waals surface area contributed by atoms with Crippen molar-refractivity contribution in [2.24, 2.45) is 5.92 Å². The van der Waals surface area contributed by atoms with E-state index in [0.29, 0.717) is 19.0 Å². The third-order valence-electron chi connectivity index (χ3n) is 3.98. The van der Waals surface area contributed by atoms with Gasteiger partial charge in [0.1, 0.15) is 4.90 Å². The predicted octanol–water partition coefficient (Wildman–Crippen LogP) is 3.51. The quantitative estimate of drug-likeness (QED) is 0.788. The minimum Gasteiger partial charge on any atom is -0.207 e. The fourth-order valence-electron chi connectivity index (χ4n) is 2.58. The van der Waals surface area contributed by atoms with Gasteiger partial charge < -0.3 is 0 Å². The Morgan fingerprint density at radius 3 is 2.43 bits per heavy atom. The second-order valence-electron chi connectivity index (χ2n) is 5.28. The van der Waals surface area contributed by atoms with Crippen LogP contribution in [-0.4, -0.2) is 25.8 Å². The third kappa shape index (κ3) is 3.38. The summed E-state index contributed by atoms with van der Waals surface area (Å²) in [7, 11) is -4.02. The van der Waals surface area contributed by atoms with Crippen molar-refractivity contribution in [2.45, 2.75) is 37.0 Å². The van der Waals surface area contributed by atoms with Gasteiger partial charge in [-0.15, -0.1) is 11.6 Å². The second-order valence-corrected chi connectivity index (χ2v) is 7.45. The molecule has 1 aromatic carbocycles. The Morgan fingerprint density at radius 1 is 1.29 bits per heavy atom. The van der Waals surface area contributed by atoms with Gasteiger partial charge in [-0.2, -0.15) is 4.31 Å². The Kier molecular flexibility index (Phi) is 5.22. The molecule has 21 heavy (non-hydrogen) atoms. The fraction of sp³-hybridized carbons (Fsp3) is 0.571. The molecule has 1 aliphatic rings. The fourth-order valence-corrected chi connectivity index (χ4v) is 4.33. The van der Waals surface area contributed by atoms with Crippen molar-refractivity contribution in [2.75, 3.05) is 13.1 Å². The molecule has 0 saturated carbocycles. The summed E-state index contributed by atoms with van der Waals surface area (Å²) in [5, 5.41) is 0. The molecule has 0 atom stereocenters. The number of benzene rings is 1. The molecule has 0 aliphatic carbocycles. The van der Waals surface area contributed by atoms with Crippen molar-refractivity contribution in [3.05, 3.63) is 29.3 Å². The summed E-state index contributed by atoms with van der Waals surface area (Å²) in [6.45, 7) is 2.74. The molecule has 2 rings (SSSR count). The molecule has 0 unspecified atom stereocenters. The number of halogens is 3. The maximum Gasteiger partial charge on any atom is 0.246 e. The molecule has 0 aromatic heterocycles. The van der Waals surface area contributed by atoms with Crippen molar-refractivity contribution in [1.29, 1.82) is 0 Å². The van der Waals surface area contributed by atoms with Crippen LogP contribution in [0.5, 0.6) is 0 Å². The van der Waals surface area contributed by atoms with Crippen LogP contribution in [0, 0.1) is 17.6 Å². The van der Waals surface area contributed by atoms with E-state index in [0.717, 1.165) is 31.4 Å². The Labute approximate surface area is 129 Å².